The summed E-state index contributed by atoms with van der Waals surface area (Å²) < 4.78 is 0.950. The zero-order chi connectivity index (χ0) is 10.8. The highest BCUT2D eigenvalue weighted by molar-refractivity contribution is 9.11. The molecule has 1 aromatic rings. The van der Waals surface area contributed by atoms with Crippen LogP contribution in [0.1, 0.15) is 24.2 Å². The number of halogens is 2. The Morgan fingerprint density at radius 1 is 1.71 bits per heavy atom. The predicted octanol–water partition coefficient (Wildman–Crippen LogP) is 3.26. The molecule has 5 heteroatoms. The van der Waals surface area contributed by atoms with Crippen molar-refractivity contribution in [2.24, 2.45) is 0 Å². The predicted molar refractivity (Wildman–Crippen MR) is 64.3 cm³/mol. The van der Waals surface area contributed by atoms with Crippen LogP contribution in [0.5, 0.6) is 0 Å². The minimum Gasteiger partial charge on any atom is -0.346 e. The van der Waals surface area contributed by atoms with E-state index in [-0.39, 0.29) is 11.4 Å². The van der Waals surface area contributed by atoms with Gasteiger partial charge < -0.3 is 5.32 Å². The zero-order valence-corrected chi connectivity index (χ0v) is 11.1. The highest BCUT2D eigenvalue weighted by atomic mass is 79.9. The van der Waals surface area contributed by atoms with Gasteiger partial charge in [-0.15, -0.1) is 22.9 Å². The Kier molecular flexibility index (Phi) is 3.98. The van der Waals surface area contributed by atoms with E-state index in [9.17, 15) is 4.79 Å². The van der Waals surface area contributed by atoms with Gasteiger partial charge in [-0.2, -0.15) is 0 Å². The summed E-state index contributed by atoms with van der Waals surface area (Å²) in [6, 6.07) is 1.80. The van der Waals surface area contributed by atoms with Crippen molar-refractivity contribution in [3.8, 4) is 0 Å². The lowest BCUT2D eigenvalue weighted by atomic mass is 10.1. The summed E-state index contributed by atoms with van der Waals surface area (Å²) in [6.45, 7) is 3.78. The van der Waals surface area contributed by atoms with Crippen LogP contribution in [0.4, 0.5) is 0 Å². The second-order valence-corrected chi connectivity index (χ2v) is 6.17. The van der Waals surface area contributed by atoms with Crippen LogP contribution in [0, 0.1) is 0 Å². The molecule has 0 aromatic carbocycles. The van der Waals surface area contributed by atoms with Gasteiger partial charge in [0, 0.05) is 16.8 Å². The third-order valence-corrected chi connectivity index (χ3v) is 3.79. The highest BCUT2D eigenvalue weighted by Gasteiger charge is 2.20. The van der Waals surface area contributed by atoms with Crippen LogP contribution in [-0.2, 0) is 0 Å². The number of amides is 1. The number of nitrogens with one attached hydrogen (secondary N) is 1. The Labute approximate surface area is 101 Å². The van der Waals surface area contributed by atoms with Gasteiger partial charge in [0.1, 0.15) is 0 Å². The van der Waals surface area contributed by atoms with Crippen molar-refractivity contribution in [1.29, 1.82) is 0 Å². The summed E-state index contributed by atoms with van der Waals surface area (Å²) in [5, 5.41) is 4.66. The molecule has 0 radical (unpaired) electrons. The summed E-state index contributed by atoms with van der Waals surface area (Å²) in [4.78, 5) is 11.6. The molecule has 1 rings (SSSR count). The first-order chi connectivity index (χ1) is 6.44. The first-order valence-electron chi connectivity index (χ1n) is 4.07. The molecule has 0 fully saturated rings. The topological polar surface area (TPSA) is 29.1 Å². The van der Waals surface area contributed by atoms with Crippen LogP contribution in [0.2, 0.25) is 0 Å². The van der Waals surface area contributed by atoms with Gasteiger partial charge in [0.05, 0.1) is 9.35 Å². The van der Waals surface area contributed by atoms with Gasteiger partial charge >= 0.3 is 0 Å². The van der Waals surface area contributed by atoms with E-state index in [0.29, 0.717) is 11.4 Å². The molecule has 0 aliphatic carbocycles. The Morgan fingerprint density at radius 3 is 2.79 bits per heavy atom. The first-order valence-corrected chi connectivity index (χ1v) is 6.28. The lowest BCUT2D eigenvalue weighted by molar-refractivity contribution is 0.0921. The molecule has 0 unspecified atom stereocenters. The average molecular weight is 297 g/mol. The number of thiophene rings is 1. The van der Waals surface area contributed by atoms with Gasteiger partial charge in [0.2, 0.25) is 0 Å². The molecule has 0 spiro atoms. The summed E-state index contributed by atoms with van der Waals surface area (Å²) in [5.74, 6) is 0.307. The third-order valence-electron chi connectivity index (χ3n) is 1.62. The molecule has 0 bridgehead atoms. The van der Waals surface area contributed by atoms with E-state index in [0.717, 1.165) is 3.79 Å². The molecule has 2 nitrogen and oxygen atoms in total. The number of alkyl halides is 1. The molecule has 1 heterocycles. The van der Waals surface area contributed by atoms with Gasteiger partial charge in [0.15, 0.2) is 0 Å². The smallest absolute Gasteiger partial charge is 0.252 e. The van der Waals surface area contributed by atoms with Crippen LogP contribution in [-0.4, -0.2) is 17.3 Å². The van der Waals surface area contributed by atoms with Crippen LogP contribution >= 0.6 is 38.9 Å². The lowest BCUT2D eigenvalue weighted by Crippen LogP contribution is -2.44. The molecule has 1 N–H and O–H groups in total. The normalized spacial score (nSPS) is 11.4. The molecular formula is C9H11BrClNOS. The number of hydrogen-bond donors (Lipinski definition) is 1. The maximum Gasteiger partial charge on any atom is 0.252 e. The quantitative estimate of drug-likeness (QED) is 0.852. The van der Waals surface area contributed by atoms with Crippen molar-refractivity contribution in [2.75, 3.05) is 5.88 Å². The summed E-state index contributed by atoms with van der Waals surface area (Å²) in [5.41, 5.74) is 0.299. The van der Waals surface area contributed by atoms with E-state index in [1.807, 2.05) is 19.2 Å². The van der Waals surface area contributed by atoms with E-state index >= 15 is 0 Å². The molecular weight excluding hydrogens is 286 g/mol. The number of carbonyl (C=O) groups excluding carboxylic acids is 1. The Balaban J connectivity index is 2.68. The number of rotatable bonds is 3. The zero-order valence-electron chi connectivity index (χ0n) is 7.93. The SMILES string of the molecule is CC(C)(CCl)NC(=O)c1csc(Br)c1. The highest BCUT2D eigenvalue weighted by Crippen LogP contribution is 2.21. The molecule has 1 amide bonds. The third kappa shape index (κ3) is 3.26. The minimum atomic E-state index is -0.368. The molecule has 0 saturated carbocycles. The Hall–Kier alpha value is -0.0600. The largest absolute Gasteiger partial charge is 0.346 e. The fraction of sp³-hybridized carbons (Fsp3) is 0.444. The van der Waals surface area contributed by atoms with Crippen molar-refractivity contribution in [2.45, 2.75) is 19.4 Å². The lowest BCUT2D eigenvalue weighted by Gasteiger charge is -2.22. The fourth-order valence-electron chi connectivity index (χ4n) is 0.842. The first kappa shape index (κ1) is 12.0. The summed E-state index contributed by atoms with van der Waals surface area (Å²) in [7, 11) is 0. The summed E-state index contributed by atoms with van der Waals surface area (Å²) >= 11 is 10.5. The fourth-order valence-corrected chi connectivity index (χ4v) is 2.05. The molecule has 0 aliphatic rings. The number of carbonyl (C=O) groups is 1. The van der Waals surface area contributed by atoms with Crippen molar-refractivity contribution in [3.63, 3.8) is 0 Å². The monoisotopic (exact) mass is 295 g/mol. The maximum absolute atomic E-state index is 11.6. The molecule has 14 heavy (non-hydrogen) atoms. The van der Waals surface area contributed by atoms with Crippen molar-refractivity contribution >= 4 is 44.8 Å². The average Bonchev–Trinajstić information content (AvgIpc) is 2.51. The van der Waals surface area contributed by atoms with Crippen LogP contribution in [0.25, 0.3) is 0 Å². The van der Waals surface area contributed by atoms with Gasteiger partial charge in [-0.3, -0.25) is 4.79 Å². The maximum atomic E-state index is 11.6. The van der Waals surface area contributed by atoms with Gasteiger partial charge in [-0.25, -0.2) is 0 Å². The van der Waals surface area contributed by atoms with Crippen LogP contribution < -0.4 is 5.32 Å². The van der Waals surface area contributed by atoms with Crippen molar-refractivity contribution < 1.29 is 4.79 Å². The Bertz CT molecular complexity index is 337. The van der Waals surface area contributed by atoms with Crippen LogP contribution in [0.3, 0.4) is 0 Å². The summed E-state index contributed by atoms with van der Waals surface area (Å²) in [6.07, 6.45) is 0. The second kappa shape index (κ2) is 4.64. The van der Waals surface area contributed by atoms with Gasteiger partial charge in [-0.05, 0) is 35.8 Å². The van der Waals surface area contributed by atoms with Crippen molar-refractivity contribution in [3.05, 3.63) is 20.8 Å². The molecule has 78 valence electrons. The minimum absolute atomic E-state index is 0.0856. The van der Waals surface area contributed by atoms with E-state index in [1.165, 1.54) is 11.3 Å². The molecule has 0 aliphatic heterocycles. The molecule has 0 saturated heterocycles. The molecule has 0 atom stereocenters. The second-order valence-electron chi connectivity index (χ2n) is 3.61. The van der Waals surface area contributed by atoms with Crippen LogP contribution in [0.15, 0.2) is 15.2 Å². The Morgan fingerprint density at radius 2 is 2.36 bits per heavy atom. The number of hydrogen-bond acceptors (Lipinski definition) is 2. The standard InChI is InChI=1S/C9H11BrClNOS/c1-9(2,5-11)12-8(13)6-3-7(10)14-4-6/h3-4H,5H2,1-2H3,(H,12,13). The van der Waals surface area contributed by atoms with Gasteiger partial charge in [-0.1, -0.05) is 0 Å². The van der Waals surface area contributed by atoms with Crippen molar-refractivity contribution in [1.82, 2.24) is 5.32 Å². The van der Waals surface area contributed by atoms with E-state index in [2.05, 4.69) is 21.2 Å². The van der Waals surface area contributed by atoms with E-state index < -0.39 is 0 Å². The van der Waals surface area contributed by atoms with Gasteiger partial charge in [0.25, 0.3) is 5.91 Å². The molecule has 1 aromatic heterocycles. The van der Waals surface area contributed by atoms with E-state index in [4.69, 9.17) is 11.6 Å². The van der Waals surface area contributed by atoms with E-state index in [1.54, 1.807) is 6.07 Å².